The van der Waals surface area contributed by atoms with E-state index in [9.17, 15) is 5.11 Å². The maximum Gasteiger partial charge on any atom is 0.221 e. The predicted molar refractivity (Wildman–Crippen MR) is 74.0 cm³/mol. The van der Waals surface area contributed by atoms with Crippen molar-refractivity contribution in [3.05, 3.63) is 46.6 Å². The van der Waals surface area contributed by atoms with E-state index in [1.54, 1.807) is 6.20 Å². The van der Waals surface area contributed by atoms with Crippen LogP contribution in [0.4, 0.5) is 11.8 Å². The molecule has 0 amide bonds. The number of nitrogens with two attached hydrogens (primary N) is 1. The largest absolute Gasteiger partial charge is 0.387 e. The van der Waals surface area contributed by atoms with Gasteiger partial charge >= 0.3 is 0 Å². The molecule has 0 aliphatic heterocycles. The molecule has 94 valence electrons. The molecular formula is C12H13BrN4O. The van der Waals surface area contributed by atoms with Gasteiger partial charge in [0.15, 0.2) is 0 Å². The summed E-state index contributed by atoms with van der Waals surface area (Å²) in [5.74, 6) is 0.757. The van der Waals surface area contributed by atoms with Crippen LogP contribution >= 0.6 is 15.9 Å². The van der Waals surface area contributed by atoms with Crippen LogP contribution < -0.4 is 11.1 Å². The first-order valence-electron chi connectivity index (χ1n) is 5.41. The number of nitrogens with zero attached hydrogens (tertiary/aromatic N) is 2. The van der Waals surface area contributed by atoms with Crippen LogP contribution in [0.15, 0.2) is 41.0 Å². The van der Waals surface area contributed by atoms with Crippen molar-refractivity contribution in [2.24, 2.45) is 0 Å². The molecule has 1 aromatic heterocycles. The normalized spacial score (nSPS) is 12.1. The van der Waals surface area contributed by atoms with Crippen molar-refractivity contribution >= 4 is 27.7 Å². The fourth-order valence-corrected chi connectivity index (χ4v) is 1.82. The van der Waals surface area contributed by atoms with Crippen LogP contribution in [-0.2, 0) is 0 Å². The lowest BCUT2D eigenvalue weighted by Gasteiger charge is -2.13. The summed E-state index contributed by atoms with van der Waals surface area (Å²) < 4.78 is 0.706. The summed E-state index contributed by atoms with van der Waals surface area (Å²) in [6, 6.07) is 9.42. The zero-order valence-corrected chi connectivity index (χ0v) is 11.1. The minimum Gasteiger partial charge on any atom is -0.387 e. The number of aliphatic hydroxyl groups excluding tert-OH is 1. The van der Waals surface area contributed by atoms with Crippen LogP contribution in [0.3, 0.4) is 0 Å². The van der Waals surface area contributed by atoms with E-state index in [2.05, 4.69) is 31.2 Å². The van der Waals surface area contributed by atoms with Crippen LogP contribution in [0.5, 0.6) is 0 Å². The van der Waals surface area contributed by atoms with Crippen molar-refractivity contribution in [3.8, 4) is 0 Å². The van der Waals surface area contributed by atoms with Gasteiger partial charge < -0.3 is 16.2 Å². The van der Waals surface area contributed by atoms with Crippen LogP contribution in [0, 0.1) is 0 Å². The average Bonchev–Trinajstić information content (AvgIpc) is 2.40. The van der Waals surface area contributed by atoms with E-state index in [1.165, 1.54) is 0 Å². The number of nitrogens with one attached hydrogen (secondary N) is 1. The third kappa shape index (κ3) is 3.18. The molecule has 6 heteroatoms. The van der Waals surface area contributed by atoms with Crippen molar-refractivity contribution in [3.63, 3.8) is 0 Å². The molecule has 18 heavy (non-hydrogen) atoms. The number of hydrogen-bond acceptors (Lipinski definition) is 5. The molecule has 0 aliphatic carbocycles. The van der Waals surface area contributed by atoms with E-state index >= 15 is 0 Å². The molecule has 1 atom stereocenters. The standard InChI is InChI=1S/C12H13BrN4O/c13-9-6-16-12(14)17-11(9)15-7-10(18)8-4-2-1-3-5-8/h1-6,10,18H,7H2,(H3,14,15,16,17). The third-order valence-electron chi connectivity index (χ3n) is 2.41. The Morgan fingerprint density at radius 3 is 2.78 bits per heavy atom. The first kappa shape index (κ1) is 12.8. The highest BCUT2D eigenvalue weighted by Gasteiger charge is 2.09. The second-order valence-corrected chi connectivity index (χ2v) is 4.59. The van der Waals surface area contributed by atoms with E-state index in [1.807, 2.05) is 30.3 Å². The SMILES string of the molecule is Nc1ncc(Br)c(NCC(O)c2ccccc2)n1. The number of anilines is 2. The number of benzene rings is 1. The van der Waals surface area contributed by atoms with Gasteiger partial charge in [0.05, 0.1) is 10.6 Å². The summed E-state index contributed by atoms with van der Waals surface area (Å²) in [6.07, 6.45) is 0.967. The Bertz CT molecular complexity index is 521. The topological polar surface area (TPSA) is 84.1 Å². The monoisotopic (exact) mass is 308 g/mol. The molecule has 0 spiro atoms. The minimum absolute atomic E-state index is 0.190. The lowest BCUT2D eigenvalue weighted by atomic mass is 10.1. The molecule has 0 bridgehead atoms. The molecule has 1 aromatic carbocycles. The first-order valence-corrected chi connectivity index (χ1v) is 6.21. The van der Waals surface area contributed by atoms with Gasteiger partial charge in [-0.15, -0.1) is 0 Å². The van der Waals surface area contributed by atoms with Gasteiger partial charge in [0.1, 0.15) is 5.82 Å². The Labute approximate surface area is 113 Å². The molecule has 2 rings (SSSR count). The van der Waals surface area contributed by atoms with Crippen LogP contribution in [-0.4, -0.2) is 21.6 Å². The average molecular weight is 309 g/mol. The summed E-state index contributed by atoms with van der Waals surface area (Å²) >= 11 is 3.31. The zero-order valence-electron chi connectivity index (χ0n) is 9.55. The van der Waals surface area contributed by atoms with E-state index in [4.69, 9.17) is 5.73 Å². The maximum atomic E-state index is 9.99. The second-order valence-electron chi connectivity index (χ2n) is 3.73. The molecule has 5 nitrogen and oxygen atoms in total. The van der Waals surface area contributed by atoms with Gasteiger partial charge in [0.2, 0.25) is 5.95 Å². The molecule has 0 saturated carbocycles. The summed E-state index contributed by atoms with van der Waals surface area (Å²) in [5, 5.41) is 13.0. The van der Waals surface area contributed by atoms with E-state index in [-0.39, 0.29) is 5.95 Å². The Kier molecular flexibility index (Phi) is 4.11. The van der Waals surface area contributed by atoms with Gasteiger partial charge in [-0.3, -0.25) is 0 Å². The first-order chi connectivity index (χ1) is 8.66. The fraction of sp³-hybridized carbons (Fsp3) is 0.167. The zero-order chi connectivity index (χ0) is 13.0. The van der Waals surface area contributed by atoms with Crippen molar-refractivity contribution < 1.29 is 5.11 Å². The predicted octanol–water partition coefficient (Wildman–Crippen LogP) is 1.97. The van der Waals surface area contributed by atoms with Gasteiger partial charge in [0, 0.05) is 12.7 Å². The summed E-state index contributed by atoms with van der Waals surface area (Å²) in [6.45, 7) is 0.346. The number of hydrogen-bond donors (Lipinski definition) is 3. The Hall–Kier alpha value is -1.66. The number of rotatable bonds is 4. The van der Waals surface area contributed by atoms with Crippen LogP contribution in [0.2, 0.25) is 0 Å². The van der Waals surface area contributed by atoms with E-state index in [0.717, 1.165) is 5.56 Å². The highest BCUT2D eigenvalue weighted by Crippen LogP contribution is 2.20. The fourth-order valence-electron chi connectivity index (χ4n) is 1.49. The third-order valence-corrected chi connectivity index (χ3v) is 2.99. The van der Waals surface area contributed by atoms with Gasteiger partial charge in [-0.1, -0.05) is 30.3 Å². The molecule has 0 fully saturated rings. The smallest absolute Gasteiger partial charge is 0.221 e. The van der Waals surface area contributed by atoms with E-state index in [0.29, 0.717) is 16.8 Å². The number of nitrogen functional groups attached to an aromatic ring is 1. The molecule has 0 aliphatic rings. The Morgan fingerprint density at radius 1 is 1.33 bits per heavy atom. The number of aromatic nitrogens is 2. The van der Waals surface area contributed by atoms with Gasteiger partial charge in [-0.2, -0.15) is 4.98 Å². The van der Waals surface area contributed by atoms with Crippen LogP contribution in [0.25, 0.3) is 0 Å². The molecule has 1 unspecified atom stereocenters. The van der Waals surface area contributed by atoms with Crippen molar-refractivity contribution in [2.45, 2.75) is 6.10 Å². The molecule has 1 heterocycles. The summed E-state index contributed by atoms with van der Waals surface area (Å²) in [7, 11) is 0. The van der Waals surface area contributed by atoms with Gasteiger partial charge in [-0.05, 0) is 21.5 Å². The summed E-state index contributed by atoms with van der Waals surface area (Å²) in [5.41, 5.74) is 6.35. The van der Waals surface area contributed by atoms with Crippen LogP contribution in [0.1, 0.15) is 11.7 Å². The van der Waals surface area contributed by atoms with Crippen molar-refractivity contribution in [2.75, 3.05) is 17.6 Å². The highest BCUT2D eigenvalue weighted by atomic mass is 79.9. The Balaban J connectivity index is 2.01. The van der Waals surface area contributed by atoms with Crippen molar-refractivity contribution in [1.29, 1.82) is 0 Å². The Morgan fingerprint density at radius 2 is 2.06 bits per heavy atom. The highest BCUT2D eigenvalue weighted by molar-refractivity contribution is 9.10. The van der Waals surface area contributed by atoms with Gasteiger partial charge in [-0.25, -0.2) is 4.98 Å². The molecule has 0 radical (unpaired) electrons. The van der Waals surface area contributed by atoms with Gasteiger partial charge in [0.25, 0.3) is 0 Å². The quantitative estimate of drug-likeness (QED) is 0.804. The maximum absolute atomic E-state index is 9.99. The van der Waals surface area contributed by atoms with Crippen molar-refractivity contribution in [1.82, 2.24) is 9.97 Å². The molecular weight excluding hydrogens is 296 g/mol. The minimum atomic E-state index is -0.603. The lowest BCUT2D eigenvalue weighted by Crippen LogP contribution is -2.14. The number of halogens is 1. The molecule has 2 aromatic rings. The summed E-state index contributed by atoms with van der Waals surface area (Å²) in [4.78, 5) is 7.88. The second kappa shape index (κ2) is 5.79. The van der Waals surface area contributed by atoms with E-state index < -0.39 is 6.10 Å². The number of aliphatic hydroxyl groups is 1. The lowest BCUT2D eigenvalue weighted by molar-refractivity contribution is 0.191. The molecule has 0 saturated heterocycles. The molecule has 4 N–H and O–H groups in total.